The molecule has 0 aromatic heterocycles. The van der Waals surface area contributed by atoms with Gasteiger partial charge in [-0.25, -0.2) is 0 Å². The van der Waals surface area contributed by atoms with Crippen molar-refractivity contribution in [3.63, 3.8) is 0 Å². The molecule has 0 spiro atoms. The lowest BCUT2D eigenvalue weighted by Gasteiger charge is -2.11. The molecule has 1 saturated carbocycles. The van der Waals surface area contributed by atoms with Crippen molar-refractivity contribution in [2.24, 2.45) is 0 Å². The van der Waals surface area contributed by atoms with Crippen molar-refractivity contribution in [2.75, 3.05) is 5.73 Å². The van der Waals surface area contributed by atoms with Crippen molar-refractivity contribution in [1.29, 1.82) is 0 Å². The molecule has 1 fully saturated rings. The molecule has 0 aliphatic heterocycles. The molecule has 1 aromatic rings. The first-order chi connectivity index (χ1) is 6.27. The molecule has 2 rings (SSSR count). The maximum absolute atomic E-state index is 9.67. The van der Waals surface area contributed by atoms with Crippen molar-refractivity contribution in [3.8, 4) is 5.75 Å². The molecule has 3 N–H and O–H groups in total. The van der Waals surface area contributed by atoms with Gasteiger partial charge in [-0.1, -0.05) is 18.9 Å². The molecule has 0 atom stereocenters. The van der Waals surface area contributed by atoms with Crippen LogP contribution in [0.2, 0.25) is 0 Å². The molecule has 2 nitrogen and oxygen atoms in total. The van der Waals surface area contributed by atoms with Gasteiger partial charge in [-0.05, 0) is 30.4 Å². The number of hydrogen-bond acceptors (Lipinski definition) is 2. The van der Waals surface area contributed by atoms with Crippen molar-refractivity contribution < 1.29 is 5.11 Å². The number of nitrogen functional groups attached to an aromatic ring is 1. The molecule has 2 heteroatoms. The SMILES string of the molecule is Nc1ccc(C2CCCC2)c(O)c1. The van der Waals surface area contributed by atoms with E-state index in [0.29, 0.717) is 17.4 Å². The highest BCUT2D eigenvalue weighted by Crippen LogP contribution is 2.38. The van der Waals surface area contributed by atoms with Gasteiger partial charge in [-0.2, -0.15) is 0 Å². The van der Waals surface area contributed by atoms with E-state index in [4.69, 9.17) is 5.73 Å². The van der Waals surface area contributed by atoms with Crippen molar-refractivity contribution in [2.45, 2.75) is 31.6 Å². The topological polar surface area (TPSA) is 46.2 Å². The number of phenols is 1. The van der Waals surface area contributed by atoms with E-state index in [1.165, 1.54) is 25.7 Å². The number of aromatic hydroxyl groups is 1. The van der Waals surface area contributed by atoms with E-state index in [1.807, 2.05) is 12.1 Å². The first-order valence-electron chi connectivity index (χ1n) is 4.86. The van der Waals surface area contributed by atoms with E-state index in [2.05, 4.69) is 0 Å². The number of rotatable bonds is 1. The highest BCUT2D eigenvalue weighted by atomic mass is 16.3. The molecule has 0 radical (unpaired) electrons. The Balaban J connectivity index is 2.29. The number of anilines is 1. The fourth-order valence-electron chi connectivity index (χ4n) is 2.14. The van der Waals surface area contributed by atoms with Gasteiger partial charge in [0, 0.05) is 11.8 Å². The maximum atomic E-state index is 9.67. The predicted octanol–water partition coefficient (Wildman–Crippen LogP) is 2.63. The zero-order chi connectivity index (χ0) is 9.26. The molecular weight excluding hydrogens is 162 g/mol. The van der Waals surface area contributed by atoms with E-state index in [1.54, 1.807) is 6.07 Å². The summed E-state index contributed by atoms with van der Waals surface area (Å²) < 4.78 is 0. The smallest absolute Gasteiger partial charge is 0.121 e. The molecule has 13 heavy (non-hydrogen) atoms. The van der Waals surface area contributed by atoms with E-state index in [0.717, 1.165) is 5.56 Å². The number of nitrogens with two attached hydrogens (primary N) is 1. The van der Waals surface area contributed by atoms with Crippen LogP contribution in [-0.2, 0) is 0 Å². The summed E-state index contributed by atoms with van der Waals surface area (Å²) in [6.45, 7) is 0. The summed E-state index contributed by atoms with van der Waals surface area (Å²) in [5.41, 5.74) is 7.28. The normalized spacial score (nSPS) is 17.8. The Labute approximate surface area is 78.4 Å². The monoisotopic (exact) mass is 177 g/mol. The van der Waals surface area contributed by atoms with Crippen LogP contribution < -0.4 is 5.73 Å². The van der Waals surface area contributed by atoms with Gasteiger partial charge in [0.2, 0.25) is 0 Å². The summed E-state index contributed by atoms with van der Waals surface area (Å²) >= 11 is 0. The van der Waals surface area contributed by atoms with Gasteiger partial charge in [0.25, 0.3) is 0 Å². The van der Waals surface area contributed by atoms with E-state index in [-0.39, 0.29) is 0 Å². The van der Waals surface area contributed by atoms with Crippen LogP contribution in [-0.4, -0.2) is 5.11 Å². The number of benzene rings is 1. The second-order valence-corrected chi connectivity index (χ2v) is 3.80. The number of hydrogen-bond donors (Lipinski definition) is 2. The Morgan fingerprint density at radius 2 is 1.92 bits per heavy atom. The molecule has 0 heterocycles. The standard InChI is InChI=1S/C11H15NO/c12-9-5-6-10(11(13)7-9)8-3-1-2-4-8/h5-8,13H,1-4,12H2. The van der Waals surface area contributed by atoms with Crippen molar-refractivity contribution in [3.05, 3.63) is 23.8 Å². The summed E-state index contributed by atoms with van der Waals surface area (Å²) in [5.74, 6) is 0.924. The molecule has 0 bridgehead atoms. The predicted molar refractivity (Wildman–Crippen MR) is 53.7 cm³/mol. The van der Waals surface area contributed by atoms with Gasteiger partial charge in [0.15, 0.2) is 0 Å². The number of phenolic OH excluding ortho intramolecular Hbond substituents is 1. The first-order valence-corrected chi connectivity index (χ1v) is 4.86. The summed E-state index contributed by atoms with van der Waals surface area (Å²) in [6, 6.07) is 5.47. The van der Waals surface area contributed by atoms with Crippen LogP contribution >= 0.6 is 0 Å². The third-order valence-corrected chi connectivity index (χ3v) is 2.85. The lowest BCUT2D eigenvalue weighted by atomic mass is 9.96. The van der Waals surface area contributed by atoms with Gasteiger partial charge >= 0.3 is 0 Å². The molecule has 0 unspecified atom stereocenters. The van der Waals surface area contributed by atoms with Gasteiger partial charge < -0.3 is 10.8 Å². The van der Waals surface area contributed by atoms with Crippen LogP contribution in [0.3, 0.4) is 0 Å². The molecular formula is C11H15NO. The van der Waals surface area contributed by atoms with Gasteiger partial charge in [0.05, 0.1) is 0 Å². The molecule has 1 aromatic carbocycles. The zero-order valence-electron chi connectivity index (χ0n) is 7.66. The van der Waals surface area contributed by atoms with Crippen LogP contribution in [0.1, 0.15) is 37.2 Å². The van der Waals surface area contributed by atoms with E-state index in [9.17, 15) is 5.11 Å². The Morgan fingerprint density at radius 3 is 2.54 bits per heavy atom. The minimum absolute atomic E-state index is 0.368. The Hall–Kier alpha value is -1.18. The zero-order valence-corrected chi connectivity index (χ0v) is 7.66. The van der Waals surface area contributed by atoms with Gasteiger partial charge in [-0.3, -0.25) is 0 Å². The third-order valence-electron chi connectivity index (χ3n) is 2.85. The minimum Gasteiger partial charge on any atom is -0.508 e. The second-order valence-electron chi connectivity index (χ2n) is 3.80. The largest absolute Gasteiger partial charge is 0.508 e. The maximum Gasteiger partial charge on any atom is 0.121 e. The van der Waals surface area contributed by atoms with Gasteiger partial charge in [0.1, 0.15) is 5.75 Å². The average molecular weight is 177 g/mol. The fraction of sp³-hybridized carbons (Fsp3) is 0.455. The molecule has 1 aliphatic rings. The van der Waals surface area contributed by atoms with E-state index < -0.39 is 0 Å². The van der Waals surface area contributed by atoms with Crippen LogP contribution in [0.15, 0.2) is 18.2 Å². The molecule has 0 amide bonds. The Bertz CT molecular complexity index is 303. The summed E-state index contributed by atoms with van der Waals surface area (Å²) in [7, 11) is 0. The Morgan fingerprint density at radius 1 is 1.23 bits per heavy atom. The van der Waals surface area contributed by atoms with Crippen LogP contribution in [0.4, 0.5) is 5.69 Å². The second kappa shape index (κ2) is 3.29. The van der Waals surface area contributed by atoms with E-state index >= 15 is 0 Å². The summed E-state index contributed by atoms with van der Waals surface area (Å²) in [5, 5.41) is 9.67. The fourth-order valence-corrected chi connectivity index (χ4v) is 2.14. The highest BCUT2D eigenvalue weighted by Gasteiger charge is 2.19. The summed E-state index contributed by atoms with van der Waals surface area (Å²) in [4.78, 5) is 0. The van der Waals surface area contributed by atoms with Crippen LogP contribution in [0.5, 0.6) is 5.75 Å². The average Bonchev–Trinajstić information content (AvgIpc) is 2.56. The van der Waals surface area contributed by atoms with Crippen molar-refractivity contribution in [1.82, 2.24) is 0 Å². The van der Waals surface area contributed by atoms with Gasteiger partial charge in [-0.15, -0.1) is 0 Å². The highest BCUT2D eigenvalue weighted by molar-refractivity contribution is 5.49. The molecule has 0 saturated heterocycles. The first kappa shape index (κ1) is 8.42. The molecule has 70 valence electrons. The minimum atomic E-state index is 0.368. The lowest BCUT2D eigenvalue weighted by molar-refractivity contribution is 0.461. The van der Waals surface area contributed by atoms with Crippen LogP contribution in [0, 0.1) is 0 Å². The lowest BCUT2D eigenvalue weighted by Crippen LogP contribution is -1.94. The Kier molecular flexibility index (Phi) is 2.13. The third kappa shape index (κ3) is 1.62. The van der Waals surface area contributed by atoms with Crippen molar-refractivity contribution >= 4 is 5.69 Å². The molecule has 1 aliphatic carbocycles. The summed E-state index contributed by atoms with van der Waals surface area (Å²) in [6.07, 6.45) is 4.98. The van der Waals surface area contributed by atoms with Crippen LogP contribution in [0.25, 0.3) is 0 Å². The quantitative estimate of drug-likeness (QED) is 0.648.